The third-order valence-electron chi connectivity index (χ3n) is 2.68. The zero-order valence-corrected chi connectivity index (χ0v) is 10.4. The van der Waals surface area contributed by atoms with Gasteiger partial charge in [-0.05, 0) is 31.9 Å². The lowest BCUT2D eigenvalue weighted by atomic mass is 10.2. The molecule has 18 heavy (non-hydrogen) atoms. The number of nitrogens with one attached hydrogen (secondary N) is 1. The lowest BCUT2D eigenvalue weighted by molar-refractivity contribution is -0.118. The molecule has 0 unspecified atom stereocenters. The van der Waals surface area contributed by atoms with Gasteiger partial charge in [0.15, 0.2) is 5.65 Å². The monoisotopic (exact) mass is 247 g/mol. The largest absolute Gasteiger partial charge is 0.370 e. The molecule has 96 valence electrons. The highest BCUT2D eigenvalue weighted by molar-refractivity contribution is 5.73. The fourth-order valence-corrected chi connectivity index (χ4v) is 1.73. The van der Waals surface area contributed by atoms with Crippen molar-refractivity contribution in [3.05, 3.63) is 23.9 Å². The van der Waals surface area contributed by atoms with Crippen molar-refractivity contribution in [1.82, 2.24) is 14.6 Å². The van der Waals surface area contributed by atoms with E-state index in [0.29, 0.717) is 12.4 Å². The van der Waals surface area contributed by atoms with Crippen LogP contribution in [0.4, 0.5) is 5.95 Å². The van der Waals surface area contributed by atoms with Crippen LogP contribution in [0.15, 0.2) is 18.2 Å². The lowest BCUT2D eigenvalue weighted by Crippen LogP contribution is -2.11. The summed E-state index contributed by atoms with van der Waals surface area (Å²) in [5.41, 5.74) is 6.94. The molecule has 0 saturated heterocycles. The van der Waals surface area contributed by atoms with Crippen molar-refractivity contribution < 1.29 is 4.79 Å². The number of nitrogens with zero attached hydrogens (tertiary/aromatic N) is 3. The predicted octanol–water partition coefficient (Wildman–Crippen LogP) is 1.11. The second kappa shape index (κ2) is 5.48. The van der Waals surface area contributed by atoms with Crippen LogP contribution in [0.5, 0.6) is 0 Å². The molecule has 0 aliphatic rings. The predicted molar refractivity (Wildman–Crippen MR) is 69.3 cm³/mol. The number of anilines is 1. The Labute approximate surface area is 105 Å². The van der Waals surface area contributed by atoms with Crippen molar-refractivity contribution in [2.24, 2.45) is 5.73 Å². The number of nitrogens with two attached hydrogens (primary N) is 1. The fourth-order valence-electron chi connectivity index (χ4n) is 1.73. The maximum absolute atomic E-state index is 10.6. The molecule has 1 amide bonds. The number of rotatable bonds is 6. The Kier molecular flexibility index (Phi) is 3.76. The van der Waals surface area contributed by atoms with Crippen LogP contribution in [0.25, 0.3) is 5.65 Å². The van der Waals surface area contributed by atoms with Gasteiger partial charge in [0.25, 0.3) is 0 Å². The molecule has 2 heterocycles. The second-order valence-electron chi connectivity index (χ2n) is 4.22. The first-order valence-corrected chi connectivity index (χ1v) is 6.01. The van der Waals surface area contributed by atoms with Crippen molar-refractivity contribution in [3.8, 4) is 0 Å². The Bertz CT molecular complexity index is 548. The number of hydrogen-bond acceptors (Lipinski definition) is 4. The summed E-state index contributed by atoms with van der Waals surface area (Å²) in [7, 11) is 0. The first-order valence-electron chi connectivity index (χ1n) is 6.01. The summed E-state index contributed by atoms with van der Waals surface area (Å²) in [6, 6.07) is 5.85. The van der Waals surface area contributed by atoms with E-state index in [2.05, 4.69) is 15.4 Å². The average molecular weight is 247 g/mol. The van der Waals surface area contributed by atoms with Gasteiger partial charge in [-0.3, -0.25) is 4.79 Å². The number of hydrogen-bond donors (Lipinski definition) is 2. The van der Waals surface area contributed by atoms with Gasteiger partial charge in [-0.1, -0.05) is 6.07 Å². The van der Waals surface area contributed by atoms with Crippen molar-refractivity contribution in [2.75, 3.05) is 11.9 Å². The van der Waals surface area contributed by atoms with E-state index in [4.69, 9.17) is 5.73 Å². The van der Waals surface area contributed by atoms with Crippen LogP contribution in [0.3, 0.4) is 0 Å². The molecule has 6 nitrogen and oxygen atoms in total. The number of unbranched alkanes of at least 4 members (excludes halogenated alkanes) is 1. The van der Waals surface area contributed by atoms with E-state index in [1.54, 1.807) is 4.52 Å². The summed E-state index contributed by atoms with van der Waals surface area (Å²) in [6.45, 7) is 2.72. The summed E-state index contributed by atoms with van der Waals surface area (Å²) in [6.07, 6.45) is 2.09. The van der Waals surface area contributed by atoms with Gasteiger partial charge in [0.2, 0.25) is 11.9 Å². The summed E-state index contributed by atoms with van der Waals surface area (Å²) in [5.74, 6) is 0.361. The van der Waals surface area contributed by atoms with Crippen LogP contribution in [0.2, 0.25) is 0 Å². The molecule has 0 atom stereocenters. The second-order valence-corrected chi connectivity index (χ2v) is 4.22. The van der Waals surface area contributed by atoms with Gasteiger partial charge in [-0.25, -0.2) is 4.52 Å². The lowest BCUT2D eigenvalue weighted by Gasteiger charge is -2.00. The number of amides is 1. The van der Waals surface area contributed by atoms with Gasteiger partial charge >= 0.3 is 0 Å². The normalized spacial score (nSPS) is 10.7. The number of primary amides is 1. The van der Waals surface area contributed by atoms with Crippen LogP contribution in [0.1, 0.15) is 25.0 Å². The minimum atomic E-state index is -0.253. The van der Waals surface area contributed by atoms with E-state index in [1.807, 2.05) is 25.1 Å². The molecule has 2 aromatic rings. The Balaban J connectivity index is 1.88. The van der Waals surface area contributed by atoms with E-state index in [0.717, 1.165) is 30.7 Å². The van der Waals surface area contributed by atoms with Crippen LogP contribution in [-0.4, -0.2) is 27.0 Å². The summed E-state index contributed by atoms with van der Waals surface area (Å²) in [5, 5.41) is 7.49. The Hall–Kier alpha value is -2.11. The number of aromatic nitrogens is 3. The molecule has 0 aliphatic heterocycles. The number of carbonyl (C=O) groups is 1. The Morgan fingerprint density at radius 2 is 2.28 bits per heavy atom. The van der Waals surface area contributed by atoms with Gasteiger partial charge in [-0.2, -0.15) is 4.98 Å². The van der Waals surface area contributed by atoms with Crippen LogP contribution >= 0.6 is 0 Å². The number of fused-ring (bicyclic) bond motifs is 1. The topological polar surface area (TPSA) is 85.3 Å². The van der Waals surface area contributed by atoms with Gasteiger partial charge in [0, 0.05) is 18.7 Å². The highest BCUT2D eigenvalue weighted by Gasteiger charge is 2.03. The Morgan fingerprint density at radius 1 is 1.44 bits per heavy atom. The van der Waals surface area contributed by atoms with Crippen molar-refractivity contribution >= 4 is 17.5 Å². The highest BCUT2D eigenvalue weighted by Crippen LogP contribution is 2.08. The molecule has 2 aromatic heterocycles. The van der Waals surface area contributed by atoms with E-state index >= 15 is 0 Å². The van der Waals surface area contributed by atoms with Gasteiger partial charge in [0.1, 0.15) is 0 Å². The molecule has 3 N–H and O–H groups in total. The first kappa shape index (κ1) is 12.3. The molecular weight excluding hydrogens is 230 g/mol. The summed E-state index contributed by atoms with van der Waals surface area (Å²) in [4.78, 5) is 14.9. The van der Waals surface area contributed by atoms with Crippen molar-refractivity contribution in [1.29, 1.82) is 0 Å². The summed E-state index contributed by atoms with van der Waals surface area (Å²) < 4.78 is 1.80. The minimum Gasteiger partial charge on any atom is -0.370 e. The van der Waals surface area contributed by atoms with E-state index < -0.39 is 0 Å². The van der Waals surface area contributed by atoms with Gasteiger partial charge in [-0.15, -0.1) is 5.10 Å². The van der Waals surface area contributed by atoms with Crippen molar-refractivity contribution in [3.63, 3.8) is 0 Å². The molecule has 6 heteroatoms. The third-order valence-corrected chi connectivity index (χ3v) is 2.68. The van der Waals surface area contributed by atoms with E-state index in [1.165, 1.54) is 0 Å². The average Bonchev–Trinajstić information content (AvgIpc) is 2.72. The molecule has 0 aromatic carbocycles. The van der Waals surface area contributed by atoms with Gasteiger partial charge < -0.3 is 11.1 Å². The standard InChI is InChI=1S/C12H17N5O/c1-9-5-4-7-11-15-12(16-17(9)11)14-8-3-2-6-10(13)18/h4-5,7H,2-3,6,8H2,1H3,(H2,13,18)(H,14,16). The highest BCUT2D eigenvalue weighted by atomic mass is 16.1. The van der Waals surface area contributed by atoms with Crippen LogP contribution in [0, 0.1) is 6.92 Å². The SMILES string of the molecule is Cc1cccc2nc(NCCCCC(N)=O)nn12. The molecule has 2 rings (SSSR count). The quantitative estimate of drug-likeness (QED) is 0.749. The fraction of sp³-hybridized carbons (Fsp3) is 0.417. The smallest absolute Gasteiger partial charge is 0.243 e. The van der Waals surface area contributed by atoms with Gasteiger partial charge in [0.05, 0.1) is 0 Å². The van der Waals surface area contributed by atoms with Crippen LogP contribution in [-0.2, 0) is 4.79 Å². The first-order chi connectivity index (χ1) is 8.66. The molecule has 0 fully saturated rings. The zero-order chi connectivity index (χ0) is 13.0. The molecule has 0 bridgehead atoms. The molecule has 0 spiro atoms. The van der Waals surface area contributed by atoms with E-state index in [9.17, 15) is 4.79 Å². The number of carbonyl (C=O) groups excluding carboxylic acids is 1. The molecule has 0 saturated carbocycles. The third kappa shape index (κ3) is 2.97. The maximum Gasteiger partial charge on any atom is 0.243 e. The summed E-state index contributed by atoms with van der Waals surface area (Å²) >= 11 is 0. The Morgan fingerprint density at radius 3 is 3.00 bits per heavy atom. The minimum absolute atomic E-state index is 0.253. The van der Waals surface area contributed by atoms with Crippen LogP contribution < -0.4 is 11.1 Å². The molecule has 0 radical (unpaired) electrons. The van der Waals surface area contributed by atoms with E-state index in [-0.39, 0.29) is 5.91 Å². The molecular formula is C12H17N5O. The number of aryl methyl sites for hydroxylation is 1. The number of pyridine rings is 1. The van der Waals surface area contributed by atoms with Crippen molar-refractivity contribution in [2.45, 2.75) is 26.2 Å². The zero-order valence-electron chi connectivity index (χ0n) is 10.4. The maximum atomic E-state index is 10.6. The molecule has 0 aliphatic carbocycles.